The molecule has 0 saturated heterocycles. The van der Waals surface area contributed by atoms with Crippen LogP contribution in [0.4, 0.5) is 0 Å². The molecule has 2 rings (SSSR count). The van der Waals surface area contributed by atoms with Crippen LogP contribution in [0.25, 0.3) is 5.52 Å². The topological polar surface area (TPSA) is 33.1 Å². The summed E-state index contributed by atoms with van der Waals surface area (Å²) in [5, 5.41) is 2.93. The van der Waals surface area contributed by atoms with E-state index in [9.17, 15) is 0 Å². The third kappa shape index (κ3) is 0.952. The van der Waals surface area contributed by atoms with Gasteiger partial charge < -0.3 is 0 Å². The minimum Gasteiger partial charge on any atom is -0.268 e. The van der Waals surface area contributed by atoms with E-state index in [1.54, 1.807) is 0 Å². The van der Waals surface area contributed by atoms with Crippen LogP contribution >= 0.6 is 12.2 Å². The van der Waals surface area contributed by atoms with Crippen molar-refractivity contribution in [2.75, 3.05) is 0 Å². The summed E-state index contributed by atoms with van der Waals surface area (Å²) in [6.07, 6.45) is 1.92. The maximum Gasteiger partial charge on any atom is 0.212 e. The Bertz CT molecular complexity index is 440. The molecule has 11 heavy (non-hydrogen) atoms. The van der Waals surface area contributed by atoms with E-state index in [4.69, 9.17) is 12.2 Å². The molecule has 0 radical (unpaired) electrons. The molecule has 0 unspecified atom stereocenters. The van der Waals surface area contributed by atoms with Crippen LogP contribution in [0.15, 0.2) is 18.3 Å². The summed E-state index contributed by atoms with van der Waals surface area (Å²) >= 11 is 4.91. The van der Waals surface area contributed by atoms with E-state index in [0.717, 1.165) is 11.2 Å². The molecule has 2 aromatic heterocycles. The average molecular weight is 165 g/mol. The summed E-state index contributed by atoms with van der Waals surface area (Å²) in [5.74, 6) is 0. The Morgan fingerprint density at radius 1 is 1.64 bits per heavy atom. The van der Waals surface area contributed by atoms with E-state index in [1.807, 2.05) is 29.8 Å². The smallest absolute Gasteiger partial charge is 0.212 e. The number of hydrogen-bond donors (Lipinski definition) is 1. The number of H-pyrrole nitrogens is 1. The number of nitrogens with one attached hydrogen (secondary N) is 1. The Balaban J connectivity index is 3.02. The molecule has 0 aliphatic rings. The molecule has 4 heteroatoms. The second kappa shape index (κ2) is 2.17. The maximum absolute atomic E-state index is 4.91. The Morgan fingerprint density at radius 3 is 3.27 bits per heavy atom. The van der Waals surface area contributed by atoms with Crippen LogP contribution in [0.3, 0.4) is 0 Å². The molecule has 0 aromatic carbocycles. The fourth-order valence-corrected chi connectivity index (χ4v) is 1.35. The van der Waals surface area contributed by atoms with Crippen molar-refractivity contribution >= 4 is 17.7 Å². The number of nitrogens with zero attached hydrogens (tertiary/aromatic N) is 2. The van der Waals surface area contributed by atoms with Gasteiger partial charge in [0.1, 0.15) is 0 Å². The van der Waals surface area contributed by atoms with E-state index in [2.05, 4.69) is 10.1 Å². The van der Waals surface area contributed by atoms with Crippen LogP contribution in [0.1, 0.15) is 5.69 Å². The largest absolute Gasteiger partial charge is 0.268 e. The van der Waals surface area contributed by atoms with Crippen LogP contribution in [-0.4, -0.2) is 14.6 Å². The van der Waals surface area contributed by atoms with Gasteiger partial charge in [0, 0.05) is 6.20 Å². The molecule has 3 nitrogen and oxygen atoms in total. The van der Waals surface area contributed by atoms with Gasteiger partial charge in [0.25, 0.3) is 0 Å². The van der Waals surface area contributed by atoms with Crippen LogP contribution in [-0.2, 0) is 0 Å². The zero-order chi connectivity index (χ0) is 7.84. The molecule has 0 aliphatic heterocycles. The molecule has 0 atom stereocenters. The van der Waals surface area contributed by atoms with Gasteiger partial charge in [0.15, 0.2) is 0 Å². The summed E-state index contributed by atoms with van der Waals surface area (Å²) in [6, 6.07) is 3.95. The summed E-state index contributed by atoms with van der Waals surface area (Å²) in [4.78, 5) is 4.11. The quantitative estimate of drug-likeness (QED) is 0.603. The van der Waals surface area contributed by atoms with Gasteiger partial charge in [-0.2, -0.15) is 0 Å². The number of hydrogen-bond acceptors (Lipinski definition) is 2. The number of aromatic nitrogens is 3. The third-order valence-corrected chi connectivity index (χ3v) is 1.79. The zero-order valence-corrected chi connectivity index (χ0v) is 6.85. The molecule has 0 bridgehead atoms. The molecule has 2 aromatic rings. The van der Waals surface area contributed by atoms with Crippen LogP contribution in [0.5, 0.6) is 0 Å². The van der Waals surface area contributed by atoms with Crippen molar-refractivity contribution in [1.82, 2.24) is 14.6 Å². The average Bonchev–Trinajstić information content (AvgIpc) is 2.34. The minimum absolute atomic E-state index is 0.520. The van der Waals surface area contributed by atoms with Crippen molar-refractivity contribution in [1.29, 1.82) is 0 Å². The predicted octanol–water partition coefficient (Wildman–Crippen LogP) is 1.70. The van der Waals surface area contributed by atoms with Gasteiger partial charge >= 0.3 is 0 Å². The molecule has 0 spiro atoms. The Morgan fingerprint density at radius 2 is 2.45 bits per heavy atom. The molecule has 0 aliphatic carbocycles. The van der Waals surface area contributed by atoms with Gasteiger partial charge in [-0.25, -0.2) is 4.98 Å². The van der Waals surface area contributed by atoms with E-state index >= 15 is 0 Å². The maximum atomic E-state index is 4.91. The highest BCUT2D eigenvalue weighted by molar-refractivity contribution is 7.71. The number of fused-ring (bicyclic) bond motifs is 1. The summed E-state index contributed by atoms with van der Waals surface area (Å²) in [6.45, 7) is 1.94. The first-order valence-corrected chi connectivity index (χ1v) is 3.72. The number of aryl methyl sites for hydroxylation is 1. The Kier molecular flexibility index (Phi) is 1.29. The highest BCUT2D eigenvalue weighted by Gasteiger charge is 1.95. The first kappa shape index (κ1) is 6.54. The second-order valence-corrected chi connectivity index (χ2v) is 2.76. The fraction of sp³-hybridized carbons (Fsp3) is 0.143. The Labute approximate surface area is 68.7 Å². The monoisotopic (exact) mass is 165 g/mol. The lowest BCUT2D eigenvalue weighted by Gasteiger charge is -1.96. The summed E-state index contributed by atoms with van der Waals surface area (Å²) in [7, 11) is 0. The lowest BCUT2D eigenvalue weighted by Crippen LogP contribution is -1.95. The normalized spacial score (nSPS) is 10.6. The Hall–Kier alpha value is -1.16. The van der Waals surface area contributed by atoms with Crippen molar-refractivity contribution in [3.63, 3.8) is 0 Å². The van der Waals surface area contributed by atoms with E-state index < -0.39 is 0 Å². The molecule has 2 heterocycles. The molecule has 0 fully saturated rings. The van der Waals surface area contributed by atoms with Crippen molar-refractivity contribution in [2.45, 2.75) is 6.92 Å². The molecular formula is C7H7N3S. The SMILES string of the molecule is Cc1nc(=S)[nH]n2cccc12. The second-order valence-electron chi connectivity index (χ2n) is 2.38. The van der Waals surface area contributed by atoms with E-state index in [-0.39, 0.29) is 0 Å². The molecule has 0 saturated carbocycles. The van der Waals surface area contributed by atoms with Gasteiger partial charge in [-0.3, -0.25) is 9.61 Å². The molecule has 1 N–H and O–H groups in total. The number of aromatic amines is 1. The van der Waals surface area contributed by atoms with Gasteiger partial charge in [0.05, 0.1) is 11.2 Å². The predicted molar refractivity (Wildman–Crippen MR) is 45.1 cm³/mol. The van der Waals surface area contributed by atoms with Crippen LogP contribution in [0.2, 0.25) is 0 Å². The highest BCUT2D eigenvalue weighted by atomic mass is 32.1. The molecule has 56 valence electrons. The standard InChI is InChI=1S/C7H7N3S/c1-5-6-3-2-4-10(6)9-7(11)8-5/h2-4H,1H3,(H,9,11). The van der Waals surface area contributed by atoms with Crippen LogP contribution in [0, 0.1) is 11.7 Å². The molecular weight excluding hydrogens is 158 g/mol. The van der Waals surface area contributed by atoms with Crippen molar-refractivity contribution in [3.05, 3.63) is 28.8 Å². The van der Waals surface area contributed by atoms with Gasteiger partial charge in [-0.05, 0) is 31.3 Å². The van der Waals surface area contributed by atoms with E-state index in [1.165, 1.54) is 0 Å². The van der Waals surface area contributed by atoms with Gasteiger partial charge in [-0.15, -0.1) is 0 Å². The van der Waals surface area contributed by atoms with E-state index in [0.29, 0.717) is 4.77 Å². The number of rotatable bonds is 0. The summed E-state index contributed by atoms with van der Waals surface area (Å²) < 4.78 is 2.39. The van der Waals surface area contributed by atoms with Crippen molar-refractivity contribution in [2.24, 2.45) is 0 Å². The van der Waals surface area contributed by atoms with Gasteiger partial charge in [0.2, 0.25) is 4.77 Å². The van der Waals surface area contributed by atoms with Crippen molar-refractivity contribution in [3.8, 4) is 0 Å². The lowest BCUT2D eigenvalue weighted by atomic mass is 10.4. The van der Waals surface area contributed by atoms with Crippen LogP contribution < -0.4 is 0 Å². The zero-order valence-electron chi connectivity index (χ0n) is 6.03. The first-order valence-electron chi connectivity index (χ1n) is 3.31. The molecule has 0 amide bonds. The van der Waals surface area contributed by atoms with Gasteiger partial charge in [-0.1, -0.05) is 0 Å². The first-order chi connectivity index (χ1) is 5.27. The highest BCUT2D eigenvalue weighted by Crippen LogP contribution is 2.04. The third-order valence-electron chi connectivity index (χ3n) is 1.60. The minimum atomic E-state index is 0.520. The summed E-state index contributed by atoms with van der Waals surface area (Å²) in [5.41, 5.74) is 2.03. The fourth-order valence-electron chi connectivity index (χ4n) is 1.11. The lowest BCUT2D eigenvalue weighted by molar-refractivity contribution is 0.871. The van der Waals surface area contributed by atoms with Crippen molar-refractivity contribution < 1.29 is 0 Å².